The molecular weight excluding hydrogens is 320 g/mol. The molecule has 0 aliphatic heterocycles. The Balaban J connectivity index is 1.61. The van der Waals surface area contributed by atoms with Gasteiger partial charge in [-0.1, -0.05) is 32.3 Å². The Hall–Kier alpha value is -1.56. The van der Waals surface area contributed by atoms with Crippen molar-refractivity contribution in [3.63, 3.8) is 0 Å². The minimum atomic E-state index is 0.136. The number of nitrogens with zero attached hydrogens (tertiary/aromatic N) is 1. The third-order valence-electron chi connectivity index (χ3n) is 4.44. The van der Waals surface area contributed by atoms with Crippen molar-refractivity contribution in [2.24, 2.45) is 4.99 Å². The molecule has 1 unspecified atom stereocenters. The molecule has 1 aromatic heterocycles. The van der Waals surface area contributed by atoms with E-state index in [2.05, 4.69) is 45.4 Å². The summed E-state index contributed by atoms with van der Waals surface area (Å²) in [6.07, 6.45) is 6.52. The topological polar surface area (TPSA) is 65.5 Å². The van der Waals surface area contributed by atoms with E-state index in [1.807, 2.05) is 0 Å². The van der Waals surface area contributed by atoms with Crippen LogP contribution in [0.1, 0.15) is 56.2 Å². The molecule has 1 saturated carbocycles. The van der Waals surface area contributed by atoms with E-state index >= 15 is 0 Å². The summed E-state index contributed by atoms with van der Waals surface area (Å²) in [5.74, 6) is 1.33. The van der Waals surface area contributed by atoms with Crippen molar-refractivity contribution < 1.29 is 4.79 Å². The van der Waals surface area contributed by atoms with E-state index in [-0.39, 0.29) is 5.91 Å². The first-order valence-electron chi connectivity index (χ1n) is 8.96. The molecule has 1 amide bonds. The van der Waals surface area contributed by atoms with Crippen LogP contribution in [0.5, 0.6) is 0 Å². The van der Waals surface area contributed by atoms with Crippen LogP contribution in [0, 0.1) is 0 Å². The summed E-state index contributed by atoms with van der Waals surface area (Å²) >= 11 is 1.78. The quantitative estimate of drug-likeness (QED) is 0.523. The summed E-state index contributed by atoms with van der Waals surface area (Å²) < 4.78 is 0. The van der Waals surface area contributed by atoms with E-state index in [0.29, 0.717) is 24.9 Å². The molecule has 3 N–H and O–H groups in total. The standard InChI is InChI=1S/C18H30N4OS/c1-14(16-9-6-12-24-16)13-21-18(19-2)20-11-10-17(23)22-15-7-4-3-5-8-15/h6,9,12,14-15H,3-5,7-8,10-11,13H2,1-2H3,(H,22,23)(H2,19,20,21). The zero-order valence-corrected chi connectivity index (χ0v) is 15.6. The normalized spacial score (nSPS) is 17.3. The van der Waals surface area contributed by atoms with Crippen LogP contribution in [0.25, 0.3) is 0 Å². The van der Waals surface area contributed by atoms with Crippen LogP contribution in [0.4, 0.5) is 0 Å². The van der Waals surface area contributed by atoms with Gasteiger partial charge >= 0.3 is 0 Å². The van der Waals surface area contributed by atoms with Crippen LogP contribution < -0.4 is 16.0 Å². The van der Waals surface area contributed by atoms with E-state index in [1.54, 1.807) is 18.4 Å². The highest BCUT2D eigenvalue weighted by molar-refractivity contribution is 7.10. The van der Waals surface area contributed by atoms with Gasteiger partial charge in [0.1, 0.15) is 0 Å². The molecule has 0 spiro atoms. The molecule has 1 aromatic rings. The Morgan fingerprint density at radius 1 is 1.33 bits per heavy atom. The molecule has 1 atom stereocenters. The Labute approximate surface area is 149 Å². The van der Waals surface area contributed by atoms with Crippen LogP contribution in [0.15, 0.2) is 22.5 Å². The van der Waals surface area contributed by atoms with Crippen molar-refractivity contribution in [1.82, 2.24) is 16.0 Å². The Kier molecular flexibility index (Phi) is 8.08. The van der Waals surface area contributed by atoms with Gasteiger partial charge < -0.3 is 16.0 Å². The van der Waals surface area contributed by atoms with E-state index < -0.39 is 0 Å². The highest BCUT2D eigenvalue weighted by atomic mass is 32.1. The molecule has 0 saturated heterocycles. The van der Waals surface area contributed by atoms with Gasteiger partial charge in [-0.05, 0) is 24.3 Å². The number of nitrogens with one attached hydrogen (secondary N) is 3. The van der Waals surface area contributed by atoms with Crippen molar-refractivity contribution in [3.05, 3.63) is 22.4 Å². The van der Waals surface area contributed by atoms with Gasteiger partial charge in [0, 0.05) is 43.4 Å². The van der Waals surface area contributed by atoms with Crippen molar-refractivity contribution in [3.8, 4) is 0 Å². The van der Waals surface area contributed by atoms with Crippen molar-refractivity contribution in [1.29, 1.82) is 0 Å². The number of guanidine groups is 1. The molecule has 1 heterocycles. The maximum absolute atomic E-state index is 12.0. The second kappa shape index (κ2) is 10.3. The number of amides is 1. The van der Waals surface area contributed by atoms with Gasteiger partial charge in [-0.3, -0.25) is 9.79 Å². The first-order valence-corrected chi connectivity index (χ1v) is 9.84. The SMILES string of the molecule is CN=C(NCCC(=O)NC1CCCCC1)NCC(C)c1cccs1. The molecule has 5 nitrogen and oxygen atoms in total. The highest BCUT2D eigenvalue weighted by Crippen LogP contribution is 2.19. The summed E-state index contributed by atoms with van der Waals surface area (Å²) in [4.78, 5) is 17.6. The summed E-state index contributed by atoms with van der Waals surface area (Å²) in [5.41, 5.74) is 0. The van der Waals surface area contributed by atoms with Crippen LogP contribution >= 0.6 is 11.3 Å². The molecule has 2 rings (SSSR count). The molecule has 1 aliphatic rings. The van der Waals surface area contributed by atoms with Gasteiger partial charge in [0.2, 0.25) is 5.91 Å². The number of hydrogen-bond donors (Lipinski definition) is 3. The number of hydrogen-bond acceptors (Lipinski definition) is 3. The second-order valence-electron chi connectivity index (χ2n) is 6.45. The Morgan fingerprint density at radius 3 is 2.79 bits per heavy atom. The Morgan fingerprint density at radius 2 is 2.12 bits per heavy atom. The largest absolute Gasteiger partial charge is 0.356 e. The van der Waals surface area contributed by atoms with E-state index in [0.717, 1.165) is 25.3 Å². The van der Waals surface area contributed by atoms with E-state index in [9.17, 15) is 4.79 Å². The lowest BCUT2D eigenvalue weighted by molar-refractivity contribution is -0.121. The minimum absolute atomic E-state index is 0.136. The smallest absolute Gasteiger partial charge is 0.221 e. The highest BCUT2D eigenvalue weighted by Gasteiger charge is 2.15. The van der Waals surface area contributed by atoms with Gasteiger partial charge in [-0.2, -0.15) is 0 Å². The van der Waals surface area contributed by atoms with Gasteiger partial charge in [0.15, 0.2) is 5.96 Å². The number of aliphatic imine (C=N–C) groups is 1. The van der Waals surface area contributed by atoms with Crippen molar-refractivity contribution >= 4 is 23.2 Å². The molecule has 1 fully saturated rings. The van der Waals surface area contributed by atoms with Gasteiger partial charge in [0.05, 0.1) is 0 Å². The van der Waals surface area contributed by atoms with Crippen LogP contribution in [-0.4, -0.2) is 38.0 Å². The average Bonchev–Trinajstić information content (AvgIpc) is 3.13. The number of rotatable bonds is 7. The van der Waals surface area contributed by atoms with Gasteiger partial charge in [-0.15, -0.1) is 11.3 Å². The molecule has 134 valence electrons. The van der Waals surface area contributed by atoms with Crippen LogP contribution in [0.3, 0.4) is 0 Å². The maximum atomic E-state index is 12.0. The third-order valence-corrected chi connectivity index (χ3v) is 5.55. The number of carbonyl (C=O) groups is 1. The fourth-order valence-corrected chi connectivity index (χ4v) is 3.77. The molecule has 6 heteroatoms. The number of thiophene rings is 1. The lowest BCUT2D eigenvalue weighted by Crippen LogP contribution is -2.42. The predicted octanol–water partition coefficient (Wildman–Crippen LogP) is 2.86. The predicted molar refractivity (Wildman–Crippen MR) is 102 cm³/mol. The lowest BCUT2D eigenvalue weighted by atomic mass is 9.95. The molecule has 0 radical (unpaired) electrons. The molecule has 24 heavy (non-hydrogen) atoms. The molecule has 0 aromatic carbocycles. The van der Waals surface area contributed by atoms with E-state index in [1.165, 1.54) is 24.1 Å². The zero-order chi connectivity index (χ0) is 17.2. The Bertz CT molecular complexity index is 509. The van der Waals surface area contributed by atoms with Crippen molar-refractivity contribution in [2.45, 2.75) is 57.4 Å². The maximum Gasteiger partial charge on any atom is 0.221 e. The van der Waals surface area contributed by atoms with Crippen molar-refractivity contribution in [2.75, 3.05) is 20.1 Å². The second-order valence-corrected chi connectivity index (χ2v) is 7.43. The summed E-state index contributed by atoms with van der Waals surface area (Å²) in [6.45, 7) is 3.63. The first kappa shape index (κ1) is 18.8. The molecular formula is C18H30N4OS. The van der Waals surface area contributed by atoms with E-state index in [4.69, 9.17) is 0 Å². The summed E-state index contributed by atoms with van der Waals surface area (Å²) in [5, 5.41) is 11.8. The minimum Gasteiger partial charge on any atom is -0.356 e. The fraction of sp³-hybridized carbons (Fsp3) is 0.667. The van der Waals surface area contributed by atoms with Gasteiger partial charge in [-0.25, -0.2) is 0 Å². The van der Waals surface area contributed by atoms with Crippen LogP contribution in [0.2, 0.25) is 0 Å². The summed E-state index contributed by atoms with van der Waals surface area (Å²) in [6, 6.07) is 4.62. The third kappa shape index (κ3) is 6.51. The fourth-order valence-electron chi connectivity index (χ4n) is 2.98. The lowest BCUT2D eigenvalue weighted by Gasteiger charge is -2.22. The summed E-state index contributed by atoms with van der Waals surface area (Å²) in [7, 11) is 1.76. The number of carbonyl (C=O) groups excluding carboxylic acids is 1. The molecule has 0 bridgehead atoms. The van der Waals surface area contributed by atoms with Gasteiger partial charge in [0.25, 0.3) is 0 Å². The monoisotopic (exact) mass is 350 g/mol. The molecule has 1 aliphatic carbocycles. The van der Waals surface area contributed by atoms with Crippen LogP contribution in [-0.2, 0) is 4.79 Å². The zero-order valence-electron chi connectivity index (χ0n) is 14.8. The average molecular weight is 351 g/mol. The first-order chi connectivity index (χ1) is 11.7.